The smallest absolute Gasteiger partial charge is 0.119 e. The SMILES string of the molecule is N#CCc1ccc(OCCSCCO)cc1. The number of nitrogens with zero attached hydrogens (tertiary/aromatic N) is 1. The molecule has 1 aromatic rings. The van der Waals surface area contributed by atoms with Gasteiger partial charge in [0, 0.05) is 11.5 Å². The van der Waals surface area contributed by atoms with Crippen LogP contribution >= 0.6 is 11.8 Å². The van der Waals surface area contributed by atoms with Crippen LogP contribution in [-0.2, 0) is 6.42 Å². The third-order valence-corrected chi connectivity index (χ3v) is 2.87. The molecule has 3 nitrogen and oxygen atoms in total. The topological polar surface area (TPSA) is 53.2 Å². The Kier molecular flexibility index (Phi) is 6.47. The summed E-state index contributed by atoms with van der Waals surface area (Å²) >= 11 is 1.67. The summed E-state index contributed by atoms with van der Waals surface area (Å²) < 4.78 is 5.50. The molecule has 0 bridgehead atoms. The molecule has 1 N–H and O–H groups in total. The van der Waals surface area contributed by atoms with Crippen molar-refractivity contribution in [2.75, 3.05) is 24.7 Å². The number of ether oxygens (including phenoxy) is 1. The van der Waals surface area contributed by atoms with Gasteiger partial charge in [0.05, 0.1) is 25.7 Å². The molecule has 0 aliphatic rings. The molecule has 86 valence electrons. The van der Waals surface area contributed by atoms with Gasteiger partial charge in [0.2, 0.25) is 0 Å². The zero-order valence-electron chi connectivity index (χ0n) is 9.06. The van der Waals surface area contributed by atoms with Crippen molar-refractivity contribution in [3.8, 4) is 11.8 Å². The summed E-state index contributed by atoms with van der Waals surface area (Å²) in [5.74, 6) is 2.46. The standard InChI is InChI=1S/C12H15NO2S/c13-6-5-11-1-3-12(4-2-11)15-8-10-16-9-7-14/h1-4,14H,5,7-10H2. The summed E-state index contributed by atoms with van der Waals surface area (Å²) in [5.41, 5.74) is 1.00. The minimum Gasteiger partial charge on any atom is -0.493 e. The van der Waals surface area contributed by atoms with Gasteiger partial charge in [0.25, 0.3) is 0 Å². The molecule has 4 heteroatoms. The third-order valence-electron chi connectivity index (χ3n) is 1.94. The van der Waals surface area contributed by atoms with E-state index in [0.717, 1.165) is 22.8 Å². The van der Waals surface area contributed by atoms with E-state index in [2.05, 4.69) is 6.07 Å². The summed E-state index contributed by atoms with van der Waals surface area (Å²) in [4.78, 5) is 0. The number of hydrogen-bond donors (Lipinski definition) is 1. The average Bonchev–Trinajstić information content (AvgIpc) is 2.31. The second-order valence-corrected chi connectivity index (χ2v) is 4.39. The Labute approximate surface area is 100 Å². The van der Waals surface area contributed by atoms with E-state index in [1.807, 2.05) is 24.3 Å². The zero-order chi connectivity index (χ0) is 11.6. The van der Waals surface area contributed by atoms with Crippen molar-refractivity contribution in [3.63, 3.8) is 0 Å². The largest absolute Gasteiger partial charge is 0.493 e. The fraction of sp³-hybridized carbons (Fsp3) is 0.417. The molecule has 16 heavy (non-hydrogen) atoms. The van der Waals surface area contributed by atoms with Crippen molar-refractivity contribution in [3.05, 3.63) is 29.8 Å². The molecule has 0 radical (unpaired) electrons. The molecule has 0 saturated carbocycles. The van der Waals surface area contributed by atoms with Gasteiger partial charge in [-0.15, -0.1) is 0 Å². The van der Waals surface area contributed by atoms with Crippen LogP contribution in [0.25, 0.3) is 0 Å². The van der Waals surface area contributed by atoms with Gasteiger partial charge in [-0.25, -0.2) is 0 Å². The zero-order valence-corrected chi connectivity index (χ0v) is 9.87. The number of aliphatic hydroxyl groups excluding tert-OH is 1. The van der Waals surface area contributed by atoms with E-state index in [-0.39, 0.29) is 6.61 Å². The number of rotatable bonds is 7. The van der Waals surface area contributed by atoms with E-state index >= 15 is 0 Å². The normalized spacial score (nSPS) is 9.75. The Morgan fingerprint density at radius 3 is 2.62 bits per heavy atom. The Hall–Kier alpha value is -1.18. The third kappa shape index (κ3) is 5.06. The highest BCUT2D eigenvalue weighted by Crippen LogP contribution is 2.12. The van der Waals surface area contributed by atoms with Crippen LogP contribution in [0.1, 0.15) is 5.56 Å². The van der Waals surface area contributed by atoms with Gasteiger partial charge < -0.3 is 9.84 Å². The molecule has 1 rings (SSSR count). The molecular formula is C12H15NO2S. The number of aliphatic hydroxyl groups is 1. The molecule has 1 aromatic carbocycles. The fourth-order valence-electron chi connectivity index (χ4n) is 1.18. The molecule has 0 atom stereocenters. The maximum atomic E-state index is 8.58. The Bertz CT molecular complexity index is 332. The number of benzene rings is 1. The number of nitriles is 1. The van der Waals surface area contributed by atoms with Crippen molar-refractivity contribution < 1.29 is 9.84 Å². The van der Waals surface area contributed by atoms with Gasteiger partial charge in [-0.2, -0.15) is 17.0 Å². The van der Waals surface area contributed by atoms with Gasteiger partial charge >= 0.3 is 0 Å². The van der Waals surface area contributed by atoms with Crippen LogP contribution in [0.2, 0.25) is 0 Å². The Morgan fingerprint density at radius 1 is 1.25 bits per heavy atom. The second kappa shape index (κ2) is 8.03. The summed E-state index contributed by atoms with van der Waals surface area (Å²) in [6.45, 7) is 0.857. The maximum absolute atomic E-state index is 8.58. The minimum atomic E-state index is 0.216. The molecule has 0 amide bonds. The van der Waals surface area contributed by atoms with Gasteiger partial charge in [-0.05, 0) is 17.7 Å². The first kappa shape index (κ1) is 12.9. The van der Waals surface area contributed by atoms with E-state index in [0.29, 0.717) is 13.0 Å². The summed E-state index contributed by atoms with van der Waals surface area (Å²) in [6.07, 6.45) is 0.437. The van der Waals surface area contributed by atoms with Crippen molar-refractivity contribution >= 4 is 11.8 Å². The van der Waals surface area contributed by atoms with E-state index in [1.165, 1.54) is 0 Å². The maximum Gasteiger partial charge on any atom is 0.119 e. The quantitative estimate of drug-likeness (QED) is 0.735. The fourth-order valence-corrected chi connectivity index (χ4v) is 1.71. The summed E-state index contributed by atoms with van der Waals surface area (Å²) in [5, 5.41) is 17.1. The van der Waals surface area contributed by atoms with Crippen molar-refractivity contribution in [2.45, 2.75) is 6.42 Å². The first-order valence-corrected chi connectivity index (χ1v) is 6.29. The Balaban J connectivity index is 2.24. The lowest BCUT2D eigenvalue weighted by molar-refractivity contribution is 0.321. The van der Waals surface area contributed by atoms with Crippen LogP contribution < -0.4 is 4.74 Å². The van der Waals surface area contributed by atoms with Gasteiger partial charge in [-0.1, -0.05) is 12.1 Å². The first-order valence-electron chi connectivity index (χ1n) is 5.14. The predicted octanol–water partition coefficient (Wildman–Crippen LogP) is 1.86. The lowest BCUT2D eigenvalue weighted by Crippen LogP contribution is -2.01. The Morgan fingerprint density at radius 2 is 2.00 bits per heavy atom. The molecule has 0 unspecified atom stereocenters. The van der Waals surface area contributed by atoms with E-state index in [4.69, 9.17) is 15.1 Å². The number of hydrogen-bond acceptors (Lipinski definition) is 4. The van der Waals surface area contributed by atoms with Crippen molar-refractivity contribution in [2.24, 2.45) is 0 Å². The average molecular weight is 237 g/mol. The highest BCUT2D eigenvalue weighted by Gasteiger charge is 1.95. The van der Waals surface area contributed by atoms with Crippen LogP contribution in [-0.4, -0.2) is 29.8 Å². The van der Waals surface area contributed by atoms with Crippen molar-refractivity contribution in [1.82, 2.24) is 0 Å². The lowest BCUT2D eigenvalue weighted by Gasteiger charge is -2.05. The first-order chi connectivity index (χ1) is 7.86. The molecule has 0 fully saturated rings. The van der Waals surface area contributed by atoms with Crippen LogP contribution in [0.15, 0.2) is 24.3 Å². The molecule has 0 aromatic heterocycles. The van der Waals surface area contributed by atoms with Crippen molar-refractivity contribution in [1.29, 1.82) is 5.26 Å². The van der Waals surface area contributed by atoms with E-state index in [1.54, 1.807) is 11.8 Å². The van der Waals surface area contributed by atoms with E-state index in [9.17, 15) is 0 Å². The summed E-state index contributed by atoms with van der Waals surface area (Å²) in [6, 6.07) is 9.66. The van der Waals surface area contributed by atoms with Crippen LogP contribution in [0, 0.1) is 11.3 Å². The summed E-state index contributed by atoms with van der Waals surface area (Å²) in [7, 11) is 0. The highest BCUT2D eigenvalue weighted by atomic mass is 32.2. The molecule has 0 aliphatic carbocycles. The van der Waals surface area contributed by atoms with E-state index < -0.39 is 0 Å². The minimum absolute atomic E-state index is 0.216. The van der Waals surface area contributed by atoms with Gasteiger partial charge in [-0.3, -0.25) is 0 Å². The van der Waals surface area contributed by atoms with Gasteiger partial charge in [0.1, 0.15) is 5.75 Å². The van der Waals surface area contributed by atoms with Crippen LogP contribution in [0.5, 0.6) is 5.75 Å². The molecule has 0 heterocycles. The van der Waals surface area contributed by atoms with Crippen LogP contribution in [0.3, 0.4) is 0 Å². The monoisotopic (exact) mass is 237 g/mol. The molecular weight excluding hydrogens is 222 g/mol. The predicted molar refractivity (Wildman–Crippen MR) is 65.7 cm³/mol. The second-order valence-electron chi connectivity index (χ2n) is 3.16. The molecule has 0 spiro atoms. The lowest BCUT2D eigenvalue weighted by atomic mass is 10.2. The molecule has 0 aliphatic heterocycles. The van der Waals surface area contributed by atoms with Crippen LogP contribution in [0.4, 0.5) is 0 Å². The highest BCUT2D eigenvalue weighted by molar-refractivity contribution is 7.99. The van der Waals surface area contributed by atoms with Gasteiger partial charge in [0.15, 0.2) is 0 Å². The molecule has 0 saturated heterocycles. The number of thioether (sulfide) groups is 1.